The number of carbonyl (C=O) groups excluding carboxylic acids is 2. The molecule has 0 radical (unpaired) electrons. The molecule has 2 aromatic heterocycles. The second kappa shape index (κ2) is 8.73. The monoisotopic (exact) mass is 425 g/mol. The first-order valence-corrected chi connectivity index (χ1v) is 10.3. The minimum absolute atomic E-state index is 0.179. The smallest absolute Gasteiger partial charge is 0.229 e. The molecule has 6 nitrogen and oxygen atoms in total. The molecule has 4 rings (SSSR count). The number of benzene rings is 1. The number of phenols is 1. The lowest BCUT2D eigenvalue weighted by atomic mass is 10.0. The molecule has 0 saturated carbocycles. The molecule has 0 unspecified atom stereocenters. The molecule has 0 fully saturated rings. The van der Waals surface area contributed by atoms with Crippen LogP contribution in [0.15, 0.2) is 42.7 Å². The van der Waals surface area contributed by atoms with Crippen molar-refractivity contribution in [2.75, 3.05) is 11.9 Å². The second-order valence-electron chi connectivity index (χ2n) is 7.18. The van der Waals surface area contributed by atoms with E-state index in [9.17, 15) is 19.1 Å². The van der Waals surface area contributed by atoms with Crippen LogP contribution in [0.3, 0.4) is 0 Å². The van der Waals surface area contributed by atoms with Crippen LogP contribution < -0.4 is 5.32 Å². The highest BCUT2D eigenvalue weighted by Gasteiger charge is 2.25. The first-order chi connectivity index (χ1) is 14.5. The zero-order valence-corrected chi connectivity index (χ0v) is 16.9. The Morgan fingerprint density at radius 1 is 1.30 bits per heavy atom. The summed E-state index contributed by atoms with van der Waals surface area (Å²) >= 11 is 1.40. The Balaban J connectivity index is 1.47. The number of thiophene rings is 1. The van der Waals surface area contributed by atoms with Crippen LogP contribution >= 0.6 is 11.3 Å². The summed E-state index contributed by atoms with van der Waals surface area (Å²) in [4.78, 5) is 31.5. The van der Waals surface area contributed by atoms with Gasteiger partial charge in [0.05, 0.1) is 12.0 Å². The number of nitrogens with one attached hydrogen (secondary N) is 1. The standard InChI is InChI=1S/C22H20FN3O3S/c23-19-10-16(28)2-1-15(19)9-21(29)25-22-18(13-27)17-5-8-26(12-20(17)30-22)11-14-3-6-24-7-4-14/h1-4,6-7,10,13,28H,5,8-9,11-12H2,(H,25,29). The van der Waals surface area contributed by atoms with E-state index in [2.05, 4.69) is 15.2 Å². The van der Waals surface area contributed by atoms with Gasteiger partial charge in [0, 0.05) is 43.0 Å². The van der Waals surface area contributed by atoms with Crippen molar-refractivity contribution in [3.8, 4) is 5.75 Å². The van der Waals surface area contributed by atoms with Crippen LogP contribution in [0, 0.1) is 5.82 Å². The zero-order valence-electron chi connectivity index (χ0n) is 16.1. The third kappa shape index (κ3) is 4.39. The number of anilines is 1. The Hall–Kier alpha value is -3.10. The average molecular weight is 425 g/mol. The molecule has 2 N–H and O–H groups in total. The van der Waals surface area contributed by atoms with E-state index in [0.29, 0.717) is 17.1 Å². The van der Waals surface area contributed by atoms with Crippen molar-refractivity contribution in [3.05, 3.63) is 75.7 Å². The summed E-state index contributed by atoms with van der Waals surface area (Å²) in [7, 11) is 0. The highest BCUT2D eigenvalue weighted by molar-refractivity contribution is 7.16. The van der Waals surface area contributed by atoms with Gasteiger partial charge in [0.2, 0.25) is 5.91 Å². The van der Waals surface area contributed by atoms with E-state index in [-0.39, 0.29) is 17.7 Å². The van der Waals surface area contributed by atoms with Crippen molar-refractivity contribution >= 4 is 28.5 Å². The maximum atomic E-state index is 13.9. The van der Waals surface area contributed by atoms with E-state index in [1.165, 1.54) is 29.0 Å². The van der Waals surface area contributed by atoms with E-state index in [1.807, 2.05) is 12.1 Å². The van der Waals surface area contributed by atoms with Gasteiger partial charge in [-0.1, -0.05) is 6.07 Å². The van der Waals surface area contributed by atoms with Gasteiger partial charge in [-0.15, -0.1) is 11.3 Å². The Bertz CT molecular complexity index is 1080. The van der Waals surface area contributed by atoms with E-state index >= 15 is 0 Å². The van der Waals surface area contributed by atoms with Gasteiger partial charge in [0.1, 0.15) is 16.6 Å². The maximum absolute atomic E-state index is 13.9. The number of pyridine rings is 1. The van der Waals surface area contributed by atoms with Crippen molar-refractivity contribution in [3.63, 3.8) is 0 Å². The largest absolute Gasteiger partial charge is 0.508 e. The van der Waals surface area contributed by atoms with Gasteiger partial charge in [-0.3, -0.25) is 19.5 Å². The number of hydrogen-bond donors (Lipinski definition) is 2. The van der Waals surface area contributed by atoms with Gasteiger partial charge >= 0.3 is 0 Å². The van der Waals surface area contributed by atoms with Gasteiger partial charge in [-0.25, -0.2) is 4.39 Å². The van der Waals surface area contributed by atoms with Gasteiger partial charge in [0.15, 0.2) is 6.29 Å². The molecule has 1 amide bonds. The Labute approximate surface area is 177 Å². The number of fused-ring (bicyclic) bond motifs is 1. The molecule has 3 heterocycles. The molecule has 8 heteroatoms. The zero-order chi connectivity index (χ0) is 21.1. The van der Waals surface area contributed by atoms with Crippen molar-refractivity contribution < 1.29 is 19.1 Å². The van der Waals surface area contributed by atoms with Gasteiger partial charge in [-0.2, -0.15) is 0 Å². The number of rotatable bonds is 6. The molecule has 0 bridgehead atoms. The molecule has 30 heavy (non-hydrogen) atoms. The fourth-order valence-corrected chi connectivity index (χ4v) is 4.88. The molecule has 0 aliphatic carbocycles. The van der Waals surface area contributed by atoms with Crippen LogP contribution in [-0.4, -0.2) is 33.7 Å². The minimum atomic E-state index is -0.641. The number of aromatic nitrogens is 1. The normalized spacial score (nSPS) is 13.6. The van der Waals surface area contributed by atoms with Gasteiger partial charge < -0.3 is 10.4 Å². The highest BCUT2D eigenvalue weighted by atomic mass is 32.1. The molecular weight excluding hydrogens is 405 g/mol. The topological polar surface area (TPSA) is 82.5 Å². The summed E-state index contributed by atoms with van der Waals surface area (Å²) in [5.74, 6) is -1.24. The predicted octanol–water partition coefficient (Wildman–Crippen LogP) is 3.54. The summed E-state index contributed by atoms with van der Waals surface area (Å²) in [6, 6.07) is 7.65. The lowest BCUT2D eigenvalue weighted by Gasteiger charge is -2.26. The minimum Gasteiger partial charge on any atom is -0.508 e. The van der Waals surface area contributed by atoms with Crippen LogP contribution in [0.2, 0.25) is 0 Å². The number of nitrogens with zero attached hydrogens (tertiary/aromatic N) is 2. The molecule has 3 aromatic rings. The number of aromatic hydroxyl groups is 1. The Morgan fingerprint density at radius 2 is 2.10 bits per heavy atom. The van der Waals surface area contributed by atoms with Crippen molar-refractivity contribution in [1.29, 1.82) is 0 Å². The van der Waals surface area contributed by atoms with E-state index in [1.54, 1.807) is 12.4 Å². The first-order valence-electron chi connectivity index (χ1n) is 9.51. The number of halogens is 1. The van der Waals surface area contributed by atoms with E-state index in [4.69, 9.17) is 0 Å². The number of amides is 1. The van der Waals surface area contributed by atoms with Crippen LogP contribution in [0.5, 0.6) is 5.75 Å². The van der Waals surface area contributed by atoms with Crippen molar-refractivity contribution in [2.24, 2.45) is 0 Å². The fourth-order valence-electron chi connectivity index (χ4n) is 3.60. The highest BCUT2D eigenvalue weighted by Crippen LogP contribution is 2.36. The number of aldehydes is 1. The second-order valence-corrected chi connectivity index (χ2v) is 8.29. The van der Waals surface area contributed by atoms with Crippen molar-refractivity contribution in [1.82, 2.24) is 9.88 Å². The van der Waals surface area contributed by atoms with Gasteiger partial charge in [0.25, 0.3) is 0 Å². The Morgan fingerprint density at radius 3 is 2.83 bits per heavy atom. The molecule has 0 atom stereocenters. The number of carbonyl (C=O) groups is 2. The number of phenolic OH excluding ortho intramolecular Hbond substituents is 1. The summed E-state index contributed by atoms with van der Waals surface area (Å²) in [6.07, 6.45) is 4.87. The predicted molar refractivity (Wildman–Crippen MR) is 112 cm³/mol. The molecule has 1 aliphatic heterocycles. The van der Waals surface area contributed by atoms with E-state index in [0.717, 1.165) is 42.3 Å². The van der Waals surface area contributed by atoms with Gasteiger partial charge in [-0.05, 0) is 41.3 Å². The third-order valence-electron chi connectivity index (χ3n) is 5.09. The molecule has 0 spiro atoms. The molecule has 1 aromatic carbocycles. The SMILES string of the molecule is O=Cc1c(NC(=O)Cc2ccc(O)cc2F)sc2c1CCN(Cc1ccncc1)C2. The summed E-state index contributed by atoms with van der Waals surface area (Å²) in [5.41, 5.74) is 2.85. The summed E-state index contributed by atoms with van der Waals surface area (Å²) in [5, 5.41) is 12.6. The average Bonchev–Trinajstić information content (AvgIpc) is 3.07. The van der Waals surface area contributed by atoms with Crippen molar-refractivity contribution in [2.45, 2.75) is 25.9 Å². The lowest BCUT2D eigenvalue weighted by Crippen LogP contribution is -2.29. The molecule has 1 aliphatic rings. The molecule has 0 saturated heterocycles. The molecule has 154 valence electrons. The maximum Gasteiger partial charge on any atom is 0.229 e. The summed E-state index contributed by atoms with van der Waals surface area (Å²) < 4.78 is 13.9. The van der Waals surface area contributed by atoms with Crippen LogP contribution in [0.1, 0.15) is 31.9 Å². The fraction of sp³-hybridized carbons (Fsp3) is 0.227. The number of hydrogen-bond acceptors (Lipinski definition) is 6. The quantitative estimate of drug-likeness (QED) is 0.591. The van der Waals surface area contributed by atoms with E-state index < -0.39 is 11.7 Å². The summed E-state index contributed by atoms with van der Waals surface area (Å²) in [6.45, 7) is 2.31. The van der Waals surface area contributed by atoms with Crippen LogP contribution in [0.25, 0.3) is 0 Å². The van der Waals surface area contributed by atoms with Crippen LogP contribution in [0.4, 0.5) is 9.39 Å². The Kier molecular flexibility index (Phi) is 5.87. The lowest BCUT2D eigenvalue weighted by molar-refractivity contribution is -0.115. The van der Waals surface area contributed by atoms with Crippen LogP contribution in [-0.2, 0) is 30.7 Å². The first kappa shape index (κ1) is 20.2. The third-order valence-corrected chi connectivity index (χ3v) is 6.24. The molecular formula is C22H20FN3O3S.